The van der Waals surface area contributed by atoms with Crippen molar-refractivity contribution >= 4 is 40.6 Å². The van der Waals surface area contributed by atoms with Crippen LogP contribution >= 0.6 is 23.1 Å². The molecule has 1 aromatic carbocycles. The molecule has 27 heavy (non-hydrogen) atoms. The predicted molar refractivity (Wildman–Crippen MR) is 103 cm³/mol. The van der Waals surface area contributed by atoms with E-state index in [9.17, 15) is 18.4 Å². The number of hydrogen-bond acceptors (Lipinski definition) is 5. The van der Waals surface area contributed by atoms with Gasteiger partial charge in [-0.2, -0.15) is 20.5 Å². The molecule has 1 fully saturated rings. The number of hydrogen-bond donors (Lipinski definition) is 1. The summed E-state index contributed by atoms with van der Waals surface area (Å²) in [6, 6.07) is 6.43. The van der Waals surface area contributed by atoms with Crippen LogP contribution in [0.2, 0.25) is 0 Å². The van der Waals surface area contributed by atoms with Crippen LogP contribution in [0.25, 0.3) is 0 Å². The van der Waals surface area contributed by atoms with Gasteiger partial charge >= 0.3 is 6.61 Å². The molecule has 0 aliphatic carbocycles. The highest BCUT2D eigenvalue weighted by Gasteiger charge is 2.22. The first-order valence-corrected chi connectivity index (χ1v) is 10.3. The molecule has 9 heteroatoms. The summed E-state index contributed by atoms with van der Waals surface area (Å²) < 4.78 is 29.3. The largest absolute Gasteiger partial charge is 0.433 e. The summed E-state index contributed by atoms with van der Waals surface area (Å²) in [5, 5.41) is 4.20. The number of benzene rings is 1. The molecule has 0 bridgehead atoms. The molecule has 2 aromatic rings. The van der Waals surface area contributed by atoms with Crippen LogP contribution in [0.15, 0.2) is 29.6 Å². The SMILES string of the molecule is Cc1c(NC(=O)c2sccc2OC(F)F)cccc1C(=O)N1CCSCC1. The number of nitrogens with zero attached hydrogens (tertiary/aromatic N) is 1. The average Bonchev–Trinajstić information content (AvgIpc) is 3.11. The van der Waals surface area contributed by atoms with Gasteiger partial charge in [-0.1, -0.05) is 6.07 Å². The highest BCUT2D eigenvalue weighted by molar-refractivity contribution is 7.99. The quantitative estimate of drug-likeness (QED) is 0.803. The van der Waals surface area contributed by atoms with E-state index in [0.717, 1.165) is 22.8 Å². The Morgan fingerprint density at radius 3 is 2.67 bits per heavy atom. The lowest BCUT2D eigenvalue weighted by Gasteiger charge is -2.27. The maximum atomic E-state index is 12.8. The van der Waals surface area contributed by atoms with Crippen LogP contribution in [0.3, 0.4) is 0 Å². The maximum absolute atomic E-state index is 12.8. The molecule has 2 heterocycles. The molecule has 1 N–H and O–H groups in total. The highest BCUT2D eigenvalue weighted by atomic mass is 32.2. The van der Waals surface area contributed by atoms with Gasteiger partial charge in [-0.05, 0) is 36.1 Å². The van der Waals surface area contributed by atoms with Gasteiger partial charge in [0.05, 0.1) is 0 Å². The van der Waals surface area contributed by atoms with E-state index in [1.165, 1.54) is 11.4 Å². The summed E-state index contributed by atoms with van der Waals surface area (Å²) in [4.78, 5) is 27.1. The Labute approximate surface area is 163 Å². The molecular formula is C18H18F2N2O3S2. The Balaban J connectivity index is 1.79. The van der Waals surface area contributed by atoms with Crippen LogP contribution in [-0.2, 0) is 0 Å². The normalized spacial score (nSPS) is 14.3. The second-order valence-electron chi connectivity index (χ2n) is 5.83. The number of rotatable bonds is 5. The van der Waals surface area contributed by atoms with Crippen molar-refractivity contribution in [2.24, 2.45) is 0 Å². The van der Waals surface area contributed by atoms with Crippen molar-refractivity contribution in [2.45, 2.75) is 13.5 Å². The van der Waals surface area contributed by atoms with Gasteiger partial charge in [-0.15, -0.1) is 11.3 Å². The van der Waals surface area contributed by atoms with Crippen LogP contribution in [0.5, 0.6) is 5.75 Å². The van der Waals surface area contributed by atoms with Crippen LogP contribution in [0.4, 0.5) is 14.5 Å². The van der Waals surface area contributed by atoms with Crippen molar-refractivity contribution in [1.29, 1.82) is 0 Å². The minimum Gasteiger partial charge on any atom is -0.433 e. The summed E-state index contributed by atoms with van der Waals surface area (Å²) in [6.07, 6.45) is 0. The van der Waals surface area contributed by atoms with E-state index in [-0.39, 0.29) is 16.5 Å². The second-order valence-corrected chi connectivity index (χ2v) is 7.97. The van der Waals surface area contributed by atoms with Crippen molar-refractivity contribution in [3.05, 3.63) is 45.6 Å². The Hall–Kier alpha value is -2.13. The zero-order chi connectivity index (χ0) is 19.4. The number of carbonyl (C=O) groups excluding carboxylic acids is 2. The summed E-state index contributed by atoms with van der Waals surface area (Å²) in [7, 11) is 0. The van der Waals surface area contributed by atoms with Crippen molar-refractivity contribution in [3.8, 4) is 5.75 Å². The Bertz CT molecular complexity index is 836. The molecule has 1 aliphatic heterocycles. The van der Waals surface area contributed by atoms with Gasteiger partial charge in [0.2, 0.25) is 0 Å². The number of carbonyl (C=O) groups is 2. The fourth-order valence-electron chi connectivity index (χ4n) is 2.77. The highest BCUT2D eigenvalue weighted by Crippen LogP contribution is 2.29. The topological polar surface area (TPSA) is 58.6 Å². The standard InChI is InChI=1S/C18H18F2N2O3S2/c1-11-12(17(24)22-6-9-26-10-7-22)3-2-4-13(11)21-16(23)15-14(5-8-27-15)25-18(19)20/h2-5,8,18H,6-7,9-10H2,1H3,(H,21,23). The molecule has 1 aliphatic rings. The molecule has 0 unspecified atom stereocenters. The molecule has 0 saturated carbocycles. The molecule has 144 valence electrons. The van der Waals surface area contributed by atoms with E-state index < -0.39 is 12.5 Å². The van der Waals surface area contributed by atoms with Crippen molar-refractivity contribution in [2.75, 3.05) is 29.9 Å². The molecule has 3 rings (SSSR count). The minimum atomic E-state index is -3.00. The number of amides is 2. The predicted octanol–water partition coefficient (Wildman–Crippen LogP) is 4.10. The molecule has 0 radical (unpaired) electrons. The van der Waals surface area contributed by atoms with E-state index in [1.807, 2.05) is 11.8 Å². The van der Waals surface area contributed by atoms with E-state index in [1.54, 1.807) is 30.0 Å². The Morgan fingerprint density at radius 2 is 1.96 bits per heavy atom. The van der Waals surface area contributed by atoms with Crippen LogP contribution in [0, 0.1) is 6.92 Å². The average molecular weight is 412 g/mol. The Kier molecular flexibility index (Phi) is 6.33. The lowest BCUT2D eigenvalue weighted by molar-refractivity contribution is -0.0498. The summed E-state index contributed by atoms with van der Waals surface area (Å²) in [5.41, 5.74) is 1.63. The van der Waals surface area contributed by atoms with Crippen molar-refractivity contribution < 1.29 is 23.1 Å². The third kappa shape index (κ3) is 4.59. The molecule has 1 aromatic heterocycles. The van der Waals surface area contributed by atoms with Gasteiger partial charge in [-0.25, -0.2) is 0 Å². The van der Waals surface area contributed by atoms with E-state index >= 15 is 0 Å². The molecule has 0 spiro atoms. The van der Waals surface area contributed by atoms with Gasteiger partial charge in [-0.3, -0.25) is 9.59 Å². The third-order valence-corrected chi connectivity index (χ3v) is 6.00. The van der Waals surface area contributed by atoms with Crippen LogP contribution in [-0.4, -0.2) is 47.9 Å². The zero-order valence-electron chi connectivity index (χ0n) is 14.5. The minimum absolute atomic E-state index is 0.0551. The molecule has 0 atom stereocenters. The van der Waals surface area contributed by atoms with Crippen LogP contribution < -0.4 is 10.1 Å². The number of anilines is 1. The number of halogens is 2. The number of thioether (sulfide) groups is 1. The molecule has 1 saturated heterocycles. The van der Waals surface area contributed by atoms with Gasteiger partial charge in [0.1, 0.15) is 10.6 Å². The lowest BCUT2D eigenvalue weighted by Crippen LogP contribution is -2.38. The lowest BCUT2D eigenvalue weighted by atomic mass is 10.1. The number of thiophene rings is 1. The zero-order valence-corrected chi connectivity index (χ0v) is 16.2. The molecular weight excluding hydrogens is 394 g/mol. The summed E-state index contributed by atoms with van der Waals surface area (Å²) in [6.45, 7) is 0.148. The van der Waals surface area contributed by atoms with Gasteiger partial charge in [0.15, 0.2) is 0 Å². The first kappa shape index (κ1) is 19.6. The Morgan fingerprint density at radius 1 is 1.22 bits per heavy atom. The maximum Gasteiger partial charge on any atom is 0.387 e. The second kappa shape index (κ2) is 8.71. The molecule has 2 amide bonds. The molecule has 5 nitrogen and oxygen atoms in total. The van der Waals surface area contributed by atoms with Crippen molar-refractivity contribution in [3.63, 3.8) is 0 Å². The first-order valence-electron chi connectivity index (χ1n) is 8.27. The fraction of sp³-hybridized carbons (Fsp3) is 0.333. The monoisotopic (exact) mass is 412 g/mol. The van der Waals surface area contributed by atoms with Gasteiger partial charge in [0, 0.05) is 35.8 Å². The van der Waals surface area contributed by atoms with Gasteiger partial charge < -0.3 is 15.0 Å². The summed E-state index contributed by atoms with van der Waals surface area (Å²) >= 11 is 2.83. The van der Waals surface area contributed by atoms with Crippen molar-refractivity contribution in [1.82, 2.24) is 4.90 Å². The number of alkyl halides is 2. The first-order chi connectivity index (χ1) is 13.0. The van der Waals surface area contributed by atoms with Crippen LogP contribution in [0.1, 0.15) is 25.6 Å². The van der Waals surface area contributed by atoms with E-state index in [4.69, 9.17) is 0 Å². The number of nitrogens with one attached hydrogen (secondary N) is 1. The van der Waals surface area contributed by atoms with Gasteiger partial charge in [0.25, 0.3) is 11.8 Å². The fourth-order valence-corrected chi connectivity index (χ4v) is 4.39. The number of ether oxygens (including phenoxy) is 1. The third-order valence-electron chi connectivity index (χ3n) is 4.16. The summed E-state index contributed by atoms with van der Waals surface area (Å²) in [5.74, 6) is 1.03. The van der Waals surface area contributed by atoms with E-state index in [0.29, 0.717) is 29.9 Å². The van der Waals surface area contributed by atoms with E-state index in [2.05, 4.69) is 10.1 Å². The smallest absolute Gasteiger partial charge is 0.387 e.